The molecule has 1 aliphatic heterocycles. The fraction of sp³-hybridized carbons (Fsp3) is 0.419. The van der Waals surface area contributed by atoms with Crippen LogP contribution in [0.3, 0.4) is 0 Å². The molecule has 0 unspecified atom stereocenters. The fourth-order valence-corrected chi connectivity index (χ4v) is 6.38. The van der Waals surface area contributed by atoms with Gasteiger partial charge in [-0.05, 0) is 64.4 Å². The third-order valence-electron chi connectivity index (χ3n) is 7.21. The molecule has 1 fully saturated rings. The van der Waals surface area contributed by atoms with Gasteiger partial charge in [-0.2, -0.15) is 10.4 Å². The summed E-state index contributed by atoms with van der Waals surface area (Å²) in [6.07, 6.45) is 3.68. The number of nitrogens with zero attached hydrogens (tertiary/aromatic N) is 5. The molecule has 0 spiro atoms. The maximum absolute atomic E-state index is 13.0. The number of fused-ring (bicyclic) bond motifs is 2. The number of ether oxygens (including phenoxy) is 3. The lowest BCUT2D eigenvalue weighted by Gasteiger charge is -2.38. The van der Waals surface area contributed by atoms with Gasteiger partial charge in [-0.15, -0.1) is 0 Å². The Morgan fingerprint density at radius 2 is 1.91 bits per heavy atom. The average molecular weight is 622 g/mol. The van der Waals surface area contributed by atoms with Crippen LogP contribution in [0.5, 0.6) is 5.75 Å². The van der Waals surface area contributed by atoms with Gasteiger partial charge in [0.25, 0.3) is 0 Å². The SMILES string of the molecule is CCOC(=O)CN1CC(Oc2c(C#N)ccc3cn(Cc4c(S(C)(=O)=O)cc(C)c5c4ccn5C(=O)OC(C)(C)C)nc23)C1. The zero-order valence-corrected chi connectivity index (χ0v) is 26.4. The molecule has 0 amide bonds. The van der Waals surface area contributed by atoms with Crippen LogP contribution < -0.4 is 4.74 Å². The highest BCUT2D eigenvalue weighted by molar-refractivity contribution is 7.90. The smallest absolute Gasteiger partial charge is 0.419 e. The molecule has 3 heterocycles. The van der Waals surface area contributed by atoms with E-state index in [-0.39, 0.29) is 30.1 Å². The van der Waals surface area contributed by atoms with Gasteiger partial charge in [0.2, 0.25) is 0 Å². The highest BCUT2D eigenvalue weighted by Crippen LogP contribution is 2.34. The van der Waals surface area contributed by atoms with Crippen molar-refractivity contribution in [1.82, 2.24) is 19.2 Å². The quantitative estimate of drug-likeness (QED) is 0.264. The zero-order chi connectivity index (χ0) is 32.0. The molecule has 0 radical (unpaired) electrons. The maximum Gasteiger partial charge on any atom is 0.419 e. The van der Waals surface area contributed by atoms with Crippen LogP contribution in [0.1, 0.15) is 44.4 Å². The van der Waals surface area contributed by atoms with Crippen LogP contribution in [0.15, 0.2) is 41.6 Å². The molecule has 2 aromatic carbocycles. The summed E-state index contributed by atoms with van der Waals surface area (Å²) in [5.74, 6) is 0.0302. The highest BCUT2D eigenvalue weighted by atomic mass is 32.2. The minimum Gasteiger partial charge on any atom is -0.484 e. The van der Waals surface area contributed by atoms with Crippen molar-refractivity contribution in [3.8, 4) is 11.8 Å². The Kier molecular flexibility index (Phi) is 8.17. The van der Waals surface area contributed by atoms with Gasteiger partial charge in [0, 0.05) is 48.1 Å². The van der Waals surface area contributed by atoms with Gasteiger partial charge >= 0.3 is 12.1 Å². The highest BCUT2D eigenvalue weighted by Gasteiger charge is 2.32. The van der Waals surface area contributed by atoms with Crippen molar-refractivity contribution in [3.05, 3.63) is 53.3 Å². The molecule has 44 heavy (non-hydrogen) atoms. The summed E-state index contributed by atoms with van der Waals surface area (Å²) in [6, 6.07) is 8.86. The van der Waals surface area contributed by atoms with Gasteiger partial charge in [-0.25, -0.2) is 13.2 Å². The Labute approximate surface area is 255 Å². The number of aromatic nitrogens is 3. The number of likely N-dealkylation sites (tertiary alicyclic amines) is 1. The second kappa shape index (κ2) is 11.6. The Balaban J connectivity index is 1.50. The zero-order valence-electron chi connectivity index (χ0n) is 25.6. The van der Waals surface area contributed by atoms with Gasteiger partial charge < -0.3 is 14.2 Å². The number of hydrogen-bond acceptors (Lipinski definition) is 10. The lowest BCUT2D eigenvalue weighted by Crippen LogP contribution is -2.55. The average Bonchev–Trinajstić information content (AvgIpc) is 3.52. The Morgan fingerprint density at radius 3 is 2.55 bits per heavy atom. The second-order valence-electron chi connectivity index (χ2n) is 11.9. The van der Waals surface area contributed by atoms with Crippen molar-refractivity contribution in [2.45, 2.75) is 57.8 Å². The van der Waals surface area contributed by atoms with Crippen LogP contribution >= 0.6 is 0 Å². The summed E-state index contributed by atoms with van der Waals surface area (Å²) in [7, 11) is -3.66. The molecule has 0 bridgehead atoms. The molecule has 5 rings (SSSR count). The molecule has 0 atom stereocenters. The van der Waals surface area contributed by atoms with Gasteiger partial charge in [0.15, 0.2) is 15.6 Å². The van der Waals surface area contributed by atoms with Crippen LogP contribution in [-0.4, -0.2) is 83.9 Å². The summed E-state index contributed by atoms with van der Waals surface area (Å²) >= 11 is 0. The monoisotopic (exact) mass is 621 g/mol. The van der Waals surface area contributed by atoms with E-state index < -0.39 is 21.5 Å². The van der Waals surface area contributed by atoms with Gasteiger partial charge in [-0.3, -0.25) is 18.9 Å². The third-order valence-corrected chi connectivity index (χ3v) is 8.37. The predicted molar refractivity (Wildman–Crippen MR) is 162 cm³/mol. The number of carbonyl (C=O) groups is 2. The fourth-order valence-electron chi connectivity index (χ4n) is 5.36. The first kappa shape index (κ1) is 31.0. The standard InChI is InChI=1S/C31H35N5O7S/c1-7-41-26(37)18-34-15-22(16-34)42-29-20(13-32)8-9-21-14-35(33-27(21)29)17-24-23-10-11-36(30(38)43-31(3,4)5)28(23)19(2)12-25(24)44(6,39)40/h8-12,14,22H,7,15-18H2,1-6H3. The first-order chi connectivity index (χ1) is 20.7. The van der Waals surface area contributed by atoms with E-state index in [2.05, 4.69) is 6.07 Å². The summed E-state index contributed by atoms with van der Waals surface area (Å²) in [6.45, 7) is 10.4. The molecule has 4 aromatic rings. The lowest BCUT2D eigenvalue weighted by molar-refractivity contribution is -0.146. The van der Waals surface area contributed by atoms with Gasteiger partial charge in [0.1, 0.15) is 23.3 Å². The summed E-state index contributed by atoms with van der Waals surface area (Å²) < 4.78 is 45.7. The van der Waals surface area contributed by atoms with Crippen LogP contribution in [0.4, 0.5) is 4.79 Å². The van der Waals surface area contributed by atoms with Crippen LogP contribution in [0.25, 0.3) is 21.8 Å². The Morgan fingerprint density at radius 1 is 1.18 bits per heavy atom. The maximum atomic E-state index is 13.0. The molecule has 1 aliphatic rings. The topological polar surface area (TPSA) is 146 Å². The third kappa shape index (κ3) is 6.27. The van der Waals surface area contributed by atoms with E-state index in [0.717, 1.165) is 6.26 Å². The predicted octanol–water partition coefficient (Wildman–Crippen LogP) is 4.03. The molecule has 2 aromatic heterocycles. The van der Waals surface area contributed by atoms with Crippen molar-refractivity contribution < 1.29 is 32.2 Å². The largest absolute Gasteiger partial charge is 0.484 e. The van der Waals surface area contributed by atoms with Crippen molar-refractivity contribution in [1.29, 1.82) is 5.26 Å². The van der Waals surface area contributed by atoms with E-state index in [0.29, 0.717) is 63.9 Å². The summed E-state index contributed by atoms with van der Waals surface area (Å²) in [5, 5.41) is 15.8. The van der Waals surface area contributed by atoms with Crippen molar-refractivity contribution in [2.75, 3.05) is 32.5 Å². The van der Waals surface area contributed by atoms with Crippen molar-refractivity contribution >= 4 is 43.7 Å². The molecule has 0 aliphatic carbocycles. The molecular weight excluding hydrogens is 586 g/mol. The van der Waals surface area contributed by atoms with Crippen LogP contribution in [0.2, 0.25) is 0 Å². The van der Waals surface area contributed by atoms with E-state index in [1.807, 2.05) is 4.90 Å². The normalized spacial score (nSPS) is 14.4. The number of carbonyl (C=O) groups excluding carboxylic acids is 2. The molecule has 0 saturated carbocycles. The first-order valence-corrected chi connectivity index (χ1v) is 16.1. The number of rotatable bonds is 8. The van der Waals surface area contributed by atoms with Crippen LogP contribution in [-0.2, 0) is 30.7 Å². The summed E-state index contributed by atoms with van der Waals surface area (Å²) in [4.78, 5) is 26.8. The molecule has 0 N–H and O–H groups in total. The number of aryl methyl sites for hydroxylation is 1. The number of sulfone groups is 1. The molecule has 13 heteroatoms. The lowest BCUT2D eigenvalue weighted by atomic mass is 10.1. The van der Waals surface area contributed by atoms with E-state index in [9.17, 15) is 23.3 Å². The molecule has 12 nitrogen and oxygen atoms in total. The molecular formula is C31H35N5O7S. The number of nitriles is 1. The molecule has 1 saturated heterocycles. The number of esters is 1. The van der Waals surface area contributed by atoms with E-state index in [4.69, 9.17) is 19.3 Å². The minimum atomic E-state index is -3.66. The van der Waals surface area contributed by atoms with Crippen LogP contribution in [0, 0.1) is 18.3 Å². The molecule has 232 valence electrons. The van der Waals surface area contributed by atoms with Crippen molar-refractivity contribution in [3.63, 3.8) is 0 Å². The van der Waals surface area contributed by atoms with E-state index in [1.54, 1.807) is 76.0 Å². The van der Waals surface area contributed by atoms with E-state index >= 15 is 0 Å². The second-order valence-corrected chi connectivity index (χ2v) is 13.9. The number of hydrogen-bond donors (Lipinski definition) is 0. The number of benzene rings is 2. The Hall–Kier alpha value is -4.41. The van der Waals surface area contributed by atoms with Gasteiger partial charge in [0.05, 0.1) is 35.7 Å². The minimum absolute atomic E-state index is 0.0737. The Bertz CT molecular complexity index is 1920. The van der Waals surface area contributed by atoms with E-state index in [1.165, 1.54) is 4.57 Å². The van der Waals surface area contributed by atoms with Gasteiger partial charge in [-0.1, -0.05) is 0 Å². The first-order valence-electron chi connectivity index (χ1n) is 14.2. The van der Waals surface area contributed by atoms with Crippen molar-refractivity contribution in [2.24, 2.45) is 0 Å². The summed E-state index contributed by atoms with van der Waals surface area (Å²) in [5.41, 5.74) is 1.69.